The Bertz CT molecular complexity index is 944. The van der Waals surface area contributed by atoms with Gasteiger partial charge in [-0.1, -0.05) is 50.1 Å². The molecule has 0 spiro atoms. The van der Waals surface area contributed by atoms with E-state index in [1.54, 1.807) is 19.4 Å². The summed E-state index contributed by atoms with van der Waals surface area (Å²) in [7, 11) is 0. The van der Waals surface area contributed by atoms with E-state index in [1.807, 2.05) is 16.8 Å². The van der Waals surface area contributed by atoms with Crippen LogP contribution >= 0.6 is 0 Å². The van der Waals surface area contributed by atoms with Gasteiger partial charge in [0.25, 0.3) is 0 Å². The van der Waals surface area contributed by atoms with E-state index in [1.165, 1.54) is 5.56 Å². The number of aromatic nitrogens is 2. The first kappa shape index (κ1) is 20.3. The molecule has 1 saturated carbocycles. The number of likely N-dealkylation sites (tertiary alicyclic amines) is 2. The van der Waals surface area contributed by atoms with E-state index in [9.17, 15) is 9.59 Å². The maximum Gasteiger partial charge on any atom is 0.243 e. The molecular weight excluding hydrogens is 388 g/mol. The summed E-state index contributed by atoms with van der Waals surface area (Å²) in [6, 6.07) is 10.9. The minimum Gasteiger partial charge on any atom is -0.334 e. The second-order valence-corrected chi connectivity index (χ2v) is 9.81. The van der Waals surface area contributed by atoms with E-state index in [0.717, 1.165) is 38.5 Å². The lowest BCUT2D eigenvalue weighted by molar-refractivity contribution is -0.143. The van der Waals surface area contributed by atoms with Gasteiger partial charge in [0.2, 0.25) is 11.8 Å². The topological polar surface area (TPSA) is 58.4 Å². The minimum atomic E-state index is -0.0371. The van der Waals surface area contributed by atoms with Gasteiger partial charge in [0.05, 0.1) is 18.4 Å². The zero-order valence-corrected chi connectivity index (χ0v) is 18.5. The molecule has 0 N–H and O–H groups in total. The van der Waals surface area contributed by atoms with Crippen molar-refractivity contribution >= 4 is 11.8 Å². The van der Waals surface area contributed by atoms with E-state index in [4.69, 9.17) is 0 Å². The Balaban J connectivity index is 1.56. The summed E-state index contributed by atoms with van der Waals surface area (Å²) >= 11 is 0. The largest absolute Gasteiger partial charge is 0.334 e. The molecule has 2 bridgehead atoms. The van der Waals surface area contributed by atoms with Gasteiger partial charge in [-0.25, -0.2) is 4.98 Å². The lowest BCUT2D eigenvalue weighted by Gasteiger charge is -2.50. The fraction of sp³-hybridized carbons (Fsp3) is 0.560. The molecule has 2 aromatic rings. The normalized spacial score (nSPS) is 32.1. The number of amides is 2. The number of fused-ring (bicyclic) bond motifs is 1. The highest BCUT2D eigenvalue weighted by Gasteiger charge is 2.63. The second-order valence-electron chi connectivity index (χ2n) is 9.81. The van der Waals surface area contributed by atoms with Crippen LogP contribution in [-0.4, -0.2) is 55.3 Å². The first-order valence-corrected chi connectivity index (χ1v) is 11.6. The molecule has 5 atom stereocenters. The van der Waals surface area contributed by atoms with Gasteiger partial charge in [0, 0.05) is 36.8 Å². The van der Waals surface area contributed by atoms with Crippen LogP contribution in [0.4, 0.5) is 0 Å². The highest BCUT2D eigenvalue weighted by atomic mass is 16.2. The van der Waals surface area contributed by atoms with Crippen LogP contribution in [0.3, 0.4) is 0 Å². The maximum absolute atomic E-state index is 13.7. The summed E-state index contributed by atoms with van der Waals surface area (Å²) in [6.07, 6.45) is 11.4. The standard InChI is InChI=1S/C25H32N4O2/c1-18(30)28-20(14-19-8-4-3-5-9-19)21-15-25(2)22(28)10-6-7-11-23(25)29(21)24(31)16-27-13-12-26-17-27/h3-5,8-9,12-13,17,20-23H,6-7,10-11,14-16H2,1-2H3/t20-,21-,22+,23-,25+/m0/s1. The Morgan fingerprint density at radius 2 is 1.81 bits per heavy atom. The average Bonchev–Trinajstić information content (AvgIpc) is 3.30. The van der Waals surface area contributed by atoms with Crippen LogP contribution in [0, 0.1) is 5.41 Å². The summed E-state index contributed by atoms with van der Waals surface area (Å²) in [5.74, 6) is 0.298. The summed E-state index contributed by atoms with van der Waals surface area (Å²) in [4.78, 5) is 35.1. The van der Waals surface area contributed by atoms with E-state index in [-0.39, 0.29) is 41.4 Å². The predicted molar refractivity (Wildman–Crippen MR) is 118 cm³/mol. The molecule has 6 nitrogen and oxygen atoms in total. The van der Waals surface area contributed by atoms with Crippen molar-refractivity contribution in [2.24, 2.45) is 5.41 Å². The van der Waals surface area contributed by atoms with Crippen molar-refractivity contribution in [2.45, 2.75) is 83.1 Å². The molecule has 2 saturated heterocycles. The zero-order chi connectivity index (χ0) is 21.6. The quantitative estimate of drug-likeness (QED) is 0.763. The van der Waals surface area contributed by atoms with Gasteiger partial charge >= 0.3 is 0 Å². The van der Waals surface area contributed by atoms with Crippen molar-refractivity contribution in [1.82, 2.24) is 19.4 Å². The fourth-order valence-corrected chi connectivity index (χ4v) is 6.78. The molecule has 1 aliphatic carbocycles. The molecule has 2 amide bonds. The molecule has 2 aliphatic heterocycles. The second kappa shape index (κ2) is 7.81. The molecule has 6 heteroatoms. The average molecular weight is 421 g/mol. The van der Waals surface area contributed by atoms with Crippen LogP contribution in [0.5, 0.6) is 0 Å². The van der Waals surface area contributed by atoms with Crippen LogP contribution < -0.4 is 0 Å². The van der Waals surface area contributed by atoms with Crippen molar-refractivity contribution in [3.05, 3.63) is 54.6 Å². The molecule has 164 valence electrons. The molecule has 5 rings (SSSR count). The van der Waals surface area contributed by atoms with E-state index < -0.39 is 0 Å². The highest BCUT2D eigenvalue weighted by Crippen LogP contribution is 2.55. The zero-order valence-electron chi connectivity index (χ0n) is 18.5. The number of nitrogens with zero attached hydrogens (tertiary/aromatic N) is 4. The monoisotopic (exact) mass is 420 g/mol. The van der Waals surface area contributed by atoms with Crippen molar-refractivity contribution in [2.75, 3.05) is 0 Å². The third-order valence-electron chi connectivity index (χ3n) is 8.02. The van der Waals surface area contributed by atoms with Crippen molar-refractivity contribution in [3.63, 3.8) is 0 Å². The van der Waals surface area contributed by atoms with E-state index in [0.29, 0.717) is 6.54 Å². The summed E-state index contributed by atoms with van der Waals surface area (Å²) in [5, 5.41) is 0. The minimum absolute atomic E-state index is 0.0211. The molecule has 0 radical (unpaired) electrons. The Morgan fingerprint density at radius 3 is 2.45 bits per heavy atom. The van der Waals surface area contributed by atoms with Crippen molar-refractivity contribution in [3.8, 4) is 0 Å². The maximum atomic E-state index is 13.7. The summed E-state index contributed by atoms with van der Waals surface area (Å²) in [5.41, 5.74) is 1.19. The SMILES string of the molecule is CC(=O)N1[C@@H](Cc2ccccc2)[C@@H]2C[C@@]3(C)[C@H](CCCC[C@@H]13)N2C(=O)Cn1ccnc1. The highest BCUT2D eigenvalue weighted by molar-refractivity contribution is 5.79. The molecule has 3 aliphatic rings. The van der Waals surface area contributed by atoms with E-state index in [2.05, 4.69) is 46.0 Å². The van der Waals surface area contributed by atoms with Crippen LogP contribution in [0.25, 0.3) is 0 Å². The van der Waals surface area contributed by atoms with Gasteiger partial charge in [-0.3, -0.25) is 9.59 Å². The number of rotatable bonds is 4. The molecular formula is C25H32N4O2. The molecule has 1 aromatic carbocycles. The Kier molecular flexibility index (Phi) is 5.11. The van der Waals surface area contributed by atoms with Crippen molar-refractivity contribution in [1.29, 1.82) is 0 Å². The number of carbonyl (C=O) groups excluding carboxylic acids is 2. The third-order valence-corrected chi connectivity index (χ3v) is 8.02. The molecule has 1 aromatic heterocycles. The first-order chi connectivity index (χ1) is 15.0. The van der Waals surface area contributed by atoms with E-state index >= 15 is 0 Å². The molecule has 3 fully saturated rings. The summed E-state index contributed by atoms with van der Waals surface area (Å²) < 4.78 is 1.86. The lowest BCUT2D eigenvalue weighted by Crippen LogP contribution is -2.61. The number of carbonyl (C=O) groups is 2. The number of benzene rings is 1. The van der Waals surface area contributed by atoms with Crippen LogP contribution in [0.15, 0.2) is 49.1 Å². The number of imidazole rings is 1. The van der Waals surface area contributed by atoms with Gasteiger partial charge in [-0.05, 0) is 31.2 Å². The molecule has 31 heavy (non-hydrogen) atoms. The smallest absolute Gasteiger partial charge is 0.243 e. The molecule has 3 heterocycles. The van der Waals surface area contributed by atoms with Gasteiger partial charge in [0.1, 0.15) is 6.54 Å². The van der Waals surface area contributed by atoms with Gasteiger partial charge < -0.3 is 14.4 Å². The first-order valence-electron chi connectivity index (χ1n) is 11.6. The summed E-state index contributed by atoms with van der Waals surface area (Å²) in [6.45, 7) is 4.36. The van der Waals surface area contributed by atoms with Crippen molar-refractivity contribution < 1.29 is 9.59 Å². The predicted octanol–water partition coefficient (Wildman–Crippen LogP) is 3.27. The van der Waals surface area contributed by atoms with Crippen LogP contribution in [-0.2, 0) is 22.6 Å². The van der Waals surface area contributed by atoms with Crippen LogP contribution in [0.2, 0.25) is 0 Å². The Labute approximate surface area is 184 Å². The Morgan fingerprint density at radius 1 is 1.10 bits per heavy atom. The number of hydrogen-bond donors (Lipinski definition) is 0. The van der Waals surface area contributed by atoms with Gasteiger partial charge in [-0.15, -0.1) is 0 Å². The van der Waals surface area contributed by atoms with Crippen LogP contribution in [0.1, 0.15) is 51.5 Å². The fourth-order valence-electron chi connectivity index (χ4n) is 6.78. The lowest BCUT2D eigenvalue weighted by atomic mass is 9.69. The van der Waals surface area contributed by atoms with Gasteiger partial charge in [0.15, 0.2) is 0 Å². The number of piperidine rings is 1. The van der Waals surface area contributed by atoms with Gasteiger partial charge in [-0.2, -0.15) is 0 Å². The Hall–Kier alpha value is -2.63. The third kappa shape index (κ3) is 3.36. The number of hydrogen-bond acceptors (Lipinski definition) is 3. The molecule has 0 unspecified atom stereocenters.